The molecule has 0 saturated carbocycles. The number of nitrogens with zero attached hydrogens (tertiary/aromatic N) is 1. The molecule has 1 aliphatic heterocycles. The molecule has 1 heterocycles. The Morgan fingerprint density at radius 3 is 2.56 bits per heavy atom. The minimum absolute atomic E-state index is 0.265. The van der Waals surface area contributed by atoms with Gasteiger partial charge in [-0.05, 0) is 77.1 Å². The number of methoxy groups -OCH3 is 1. The Labute approximate surface area is 238 Å². The van der Waals surface area contributed by atoms with Crippen LogP contribution in [-0.2, 0) is 6.61 Å². The van der Waals surface area contributed by atoms with Crippen LogP contribution < -0.4 is 14.8 Å². The maximum atomic E-state index is 6.57. The molecular formula is C33H28Cl2N2O2. The van der Waals surface area contributed by atoms with Crippen molar-refractivity contribution in [1.82, 2.24) is 0 Å². The molecule has 4 aromatic rings. The summed E-state index contributed by atoms with van der Waals surface area (Å²) < 4.78 is 11.5. The highest BCUT2D eigenvalue weighted by Crippen LogP contribution is 2.49. The molecule has 6 rings (SSSR count). The molecule has 6 heteroatoms. The zero-order valence-corrected chi connectivity index (χ0v) is 23.0. The molecule has 0 saturated heterocycles. The van der Waals surface area contributed by atoms with Crippen LogP contribution in [0.25, 0.3) is 0 Å². The van der Waals surface area contributed by atoms with E-state index < -0.39 is 0 Å². The van der Waals surface area contributed by atoms with Gasteiger partial charge in [-0.2, -0.15) is 0 Å². The van der Waals surface area contributed by atoms with Crippen molar-refractivity contribution in [2.24, 2.45) is 10.9 Å². The van der Waals surface area contributed by atoms with Crippen molar-refractivity contribution < 1.29 is 9.47 Å². The molecule has 1 N–H and O–H groups in total. The van der Waals surface area contributed by atoms with Crippen LogP contribution in [0.1, 0.15) is 40.6 Å². The number of ether oxygens (including phenoxy) is 2. The summed E-state index contributed by atoms with van der Waals surface area (Å²) >= 11 is 12.5. The van der Waals surface area contributed by atoms with Crippen LogP contribution >= 0.6 is 23.2 Å². The van der Waals surface area contributed by atoms with Crippen LogP contribution in [0, 0.1) is 5.92 Å². The largest absolute Gasteiger partial charge is 0.493 e. The molecule has 0 amide bonds. The van der Waals surface area contributed by atoms with Crippen molar-refractivity contribution in [2.75, 3.05) is 12.4 Å². The van der Waals surface area contributed by atoms with Crippen molar-refractivity contribution in [3.05, 3.63) is 129 Å². The highest BCUT2D eigenvalue weighted by Gasteiger charge is 2.37. The van der Waals surface area contributed by atoms with Crippen molar-refractivity contribution in [2.45, 2.75) is 25.0 Å². The predicted molar refractivity (Wildman–Crippen MR) is 160 cm³/mol. The number of halogens is 2. The van der Waals surface area contributed by atoms with Gasteiger partial charge in [0, 0.05) is 22.8 Å². The van der Waals surface area contributed by atoms with Gasteiger partial charge in [0.25, 0.3) is 0 Å². The summed E-state index contributed by atoms with van der Waals surface area (Å²) in [5.41, 5.74) is 6.57. The molecule has 0 radical (unpaired) electrons. The predicted octanol–water partition coefficient (Wildman–Crippen LogP) is 9.16. The van der Waals surface area contributed by atoms with Gasteiger partial charge < -0.3 is 14.8 Å². The molecular weight excluding hydrogens is 527 g/mol. The Balaban J connectivity index is 1.16. The molecule has 2 aliphatic rings. The third-order valence-corrected chi connectivity index (χ3v) is 7.97. The van der Waals surface area contributed by atoms with Crippen LogP contribution in [0.3, 0.4) is 0 Å². The second kappa shape index (κ2) is 11.2. The first-order chi connectivity index (χ1) is 19.1. The number of hydrogen-bond acceptors (Lipinski definition) is 4. The molecule has 0 fully saturated rings. The van der Waals surface area contributed by atoms with E-state index in [9.17, 15) is 0 Å². The van der Waals surface area contributed by atoms with E-state index in [2.05, 4.69) is 71.0 Å². The fraction of sp³-hybridized carbons (Fsp3) is 0.182. The van der Waals surface area contributed by atoms with Crippen LogP contribution in [0.5, 0.6) is 11.5 Å². The zero-order valence-electron chi connectivity index (χ0n) is 21.5. The van der Waals surface area contributed by atoms with Gasteiger partial charge in [-0.3, -0.25) is 4.99 Å². The van der Waals surface area contributed by atoms with Gasteiger partial charge >= 0.3 is 0 Å². The van der Waals surface area contributed by atoms with Gasteiger partial charge in [0.15, 0.2) is 11.5 Å². The Kier molecular flexibility index (Phi) is 7.32. The van der Waals surface area contributed by atoms with E-state index in [1.54, 1.807) is 13.3 Å². The summed E-state index contributed by atoms with van der Waals surface area (Å²) in [4.78, 5) is 4.69. The van der Waals surface area contributed by atoms with E-state index in [4.69, 9.17) is 32.7 Å². The number of nitrogens with one attached hydrogen (secondary N) is 1. The maximum Gasteiger partial charge on any atom is 0.180 e. The summed E-state index contributed by atoms with van der Waals surface area (Å²) in [6.07, 6.45) is 7.55. The minimum Gasteiger partial charge on any atom is -0.493 e. The topological polar surface area (TPSA) is 42.8 Å². The molecule has 39 heavy (non-hydrogen) atoms. The lowest BCUT2D eigenvalue weighted by atomic mass is 9.77. The highest BCUT2D eigenvalue weighted by atomic mass is 35.5. The average molecular weight is 556 g/mol. The van der Waals surface area contributed by atoms with Crippen LogP contribution in [0.4, 0.5) is 11.4 Å². The van der Waals surface area contributed by atoms with Crippen LogP contribution in [0.2, 0.25) is 10.0 Å². The van der Waals surface area contributed by atoms with Crippen molar-refractivity contribution in [3.8, 4) is 11.5 Å². The van der Waals surface area contributed by atoms with Crippen LogP contribution in [0.15, 0.2) is 102 Å². The molecule has 196 valence electrons. The van der Waals surface area contributed by atoms with Gasteiger partial charge in [-0.25, -0.2) is 0 Å². The Morgan fingerprint density at radius 2 is 1.77 bits per heavy atom. The number of rotatable bonds is 7. The monoisotopic (exact) mass is 554 g/mol. The van der Waals surface area contributed by atoms with Crippen LogP contribution in [-0.4, -0.2) is 13.3 Å². The first-order valence-corrected chi connectivity index (χ1v) is 13.8. The third kappa shape index (κ3) is 5.40. The lowest BCUT2D eigenvalue weighted by Crippen LogP contribution is -2.28. The summed E-state index contributed by atoms with van der Waals surface area (Å²) in [5, 5.41) is 4.93. The smallest absolute Gasteiger partial charge is 0.180 e. The molecule has 4 aromatic carbocycles. The normalized spacial score (nSPS) is 19.4. The van der Waals surface area contributed by atoms with Gasteiger partial charge in [0.2, 0.25) is 0 Å². The quantitative estimate of drug-likeness (QED) is 0.183. The first-order valence-electron chi connectivity index (χ1n) is 13.0. The second-order valence-corrected chi connectivity index (χ2v) is 10.7. The summed E-state index contributed by atoms with van der Waals surface area (Å²) in [6, 6.07) is 28.6. The van der Waals surface area contributed by atoms with Gasteiger partial charge in [0.05, 0.1) is 23.9 Å². The second-order valence-electron chi connectivity index (χ2n) is 9.86. The highest BCUT2D eigenvalue weighted by molar-refractivity contribution is 6.32. The SMILES string of the molecule is COc1cc(C=Nc2ccc([C@@H]3Nc4ccccc4[C@H]4C=CC[C@@H]43)cc2)cc(Cl)c1OCc1ccc(Cl)cc1. The molecule has 0 aromatic heterocycles. The van der Waals surface area contributed by atoms with E-state index in [1.807, 2.05) is 36.4 Å². The zero-order chi connectivity index (χ0) is 26.8. The van der Waals surface area contributed by atoms with Crippen molar-refractivity contribution in [3.63, 3.8) is 0 Å². The first kappa shape index (κ1) is 25.5. The number of para-hydroxylation sites is 1. The third-order valence-electron chi connectivity index (χ3n) is 7.44. The summed E-state index contributed by atoms with van der Waals surface area (Å²) in [7, 11) is 1.60. The fourth-order valence-electron chi connectivity index (χ4n) is 5.48. The van der Waals surface area contributed by atoms with E-state index in [1.165, 1.54) is 16.8 Å². The van der Waals surface area contributed by atoms with Gasteiger partial charge in [-0.15, -0.1) is 0 Å². The summed E-state index contributed by atoms with van der Waals surface area (Å²) in [5.74, 6) is 2.03. The van der Waals surface area contributed by atoms with Crippen molar-refractivity contribution >= 4 is 40.8 Å². The molecule has 0 unspecified atom stereocenters. The number of fused-ring (bicyclic) bond motifs is 3. The number of aliphatic imine (C=N–C) groups is 1. The Bertz CT molecular complexity index is 1530. The fourth-order valence-corrected chi connectivity index (χ4v) is 5.88. The molecule has 4 nitrogen and oxygen atoms in total. The Hall–Kier alpha value is -3.73. The molecule has 3 atom stereocenters. The summed E-state index contributed by atoms with van der Waals surface area (Å²) in [6.45, 7) is 0.353. The molecule has 0 spiro atoms. The van der Waals surface area contributed by atoms with Gasteiger partial charge in [-0.1, -0.05) is 77.8 Å². The number of benzene rings is 4. The number of anilines is 1. The minimum atomic E-state index is 0.265. The maximum absolute atomic E-state index is 6.57. The van der Waals surface area contributed by atoms with E-state index in [0.717, 1.165) is 23.2 Å². The van der Waals surface area contributed by atoms with E-state index in [-0.39, 0.29) is 6.04 Å². The van der Waals surface area contributed by atoms with Gasteiger partial charge in [0.1, 0.15) is 6.61 Å². The standard InChI is InChI=1S/C33H28Cl2N2O2/c1-38-31-18-22(17-29(35)33(31)39-20-21-9-13-24(34)14-10-21)19-36-25-15-11-23(12-16-25)32-28-7-4-6-26(28)27-5-2-3-8-30(27)37-32/h2-6,8-19,26,28,32,37H,7,20H2,1H3/t26-,28+,32+/m1/s1. The number of hydrogen-bond donors (Lipinski definition) is 1. The van der Waals surface area contributed by atoms with Crippen molar-refractivity contribution in [1.29, 1.82) is 0 Å². The van der Waals surface area contributed by atoms with E-state index >= 15 is 0 Å². The average Bonchev–Trinajstić information content (AvgIpc) is 3.46. The lowest BCUT2D eigenvalue weighted by Gasteiger charge is -2.37. The molecule has 0 bridgehead atoms. The molecule has 1 aliphatic carbocycles. The Morgan fingerprint density at radius 1 is 0.974 bits per heavy atom. The lowest BCUT2D eigenvalue weighted by molar-refractivity contribution is 0.284. The van der Waals surface area contributed by atoms with E-state index in [0.29, 0.717) is 40.0 Å². The number of allylic oxidation sites excluding steroid dienone is 2.